The predicted octanol–water partition coefficient (Wildman–Crippen LogP) is 12.2. The Morgan fingerprint density at radius 2 is 0.830 bits per heavy atom. The summed E-state index contributed by atoms with van der Waals surface area (Å²) in [5, 5.41) is 0. The summed E-state index contributed by atoms with van der Waals surface area (Å²) in [5.41, 5.74) is 0. The highest BCUT2D eigenvalue weighted by Gasteiger charge is 2.23. The van der Waals surface area contributed by atoms with Crippen LogP contribution in [0.25, 0.3) is 0 Å². The SMILES string of the molecule is CCCCCCCC/C=C\CCCCCCCC(=O)OC[C@H](C[N+](C)(C)C)OC(=O)CCCCCCC/C=C\CCCCCCCC. The number of carbonyl (C=O) groups excluding carboxylic acids is 2. The average Bonchev–Trinajstić information content (AvgIpc) is 3.03. The van der Waals surface area contributed by atoms with Gasteiger partial charge in [-0.15, -0.1) is 0 Å². The van der Waals surface area contributed by atoms with Gasteiger partial charge in [0.05, 0.1) is 21.1 Å². The molecule has 0 saturated carbocycles. The molecule has 0 unspecified atom stereocenters. The van der Waals surface area contributed by atoms with Crippen LogP contribution in [0.4, 0.5) is 0 Å². The number of rotatable bonds is 35. The van der Waals surface area contributed by atoms with Crippen LogP contribution in [0, 0.1) is 0 Å². The van der Waals surface area contributed by atoms with E-state index in [0.29, 0.717) is 23.9 Å². The summed E-state index contributed by atoms with van der Waals surface area (Å²) in [6, 6.07) is 0. The van der Waals surface area contributed by atoms with Gasteiger partial charge in [-0.2, -0.15) is 0 Å². The second kappa shape index (κ2) is 34.3. The van der Waals surface area contributed by atoms with Crippen LogP contribution in [0.3, 0.4) is 0 Å². The Bertz CT molecular complexity index is 754. The Hall–Kier alpha value is -1.62. The van der Waals surface area contributed by atoms with Crippen LogP contribution < -0.4 is 0 Å². The molecule has 0 fully saturated rings. The molecule has 47 heavy (non-hydrogen) atoms. The molecule has 0 heterocycles. The zero-order valence-corrected chi connectivity index (χ0v) is 32.2. The van der Waals surface area contributed by atoms with E-state index in [4.69, 9.17) is 9.47 Å². The van der Waals surface area contributed by atoms with E-state index in [1.54, 1.807) is 0 Å². The first-order chi connectivity index (χ1) is 22.8. The lowest BCUT2D eigenvalue weighted by molar-refractivity contribution is -0.873. The number of carbonyl (C=O) groups is 2. The summed E-state index contributed by atoms with van der Waals surface area (Å²) < 4.78 is 12.0. The maximum absolute atomic E-state index is 12.6. The molecule has 1 atom stereocenters. The first kappa shape index (κ1) is 45.4. The van der Waals surface area contributed by atoms with Crippen molar-refractivity contribution in [1.29, 1.82) is 0 Å². The molecule has 5 nitrogen and oxygen atoms in total. The summed E-state index contributed by atoms with van der Waals surface area (Å²) in [6.07, 6.45) is 42.1. The Balaban J connectivity index is 3.89. The molecule has 276 valence electrons. The molecule has 0 aromatic heterocycles. The summed E-state index contributed by atoms with van der Waals surface area (Å²) >= 11 is 0. The molecule has 0 amide bonds. The normalized spacial score (nSPS) is 12.7. The first-order valence-corrected chi connectivity index (χ1v) is 20.2. The lowest BCUT2D eigenvalue weighted by Crippen LogP contribution is -2.45. The number of hydrogen-bond acceptors (Lipinski definition) is 4. The number of esters is 2. The molecule has 0 aromatic carbocycles. The van der Waals surface area contributed by atoms with Gasteiger partial charge in [0.2, 0.25) is 0 Å². The van der Waals surface area contributed by atoms with Crippen molar-refractivity contribution >= 4 is 11.9 Å². The van der Waals surface area contributed by atoms with Gasteiger partial charge >= 0.3 is 11.9 Å². The standard InChI is InChI=1S/C42H80NO4/c1-6-8-10-12-14-16-18-20-22-24-26-28-30-32-34-36-41(44)46-39-40(38-43(3,4)5)47-42(45)37-35-33-31-29-27-25-23-21-19-17-15-13-11-9-7-2/h20-23,40H,6-19,24-39H2,1-5H3/q+1/b22-20-,23-21-/t40-/m0/s1. The van der Waals surface area contributed by atoms with Crippen molar-refractivity contribution in [3.8, 4) is 0 Å². The van der Waals surface area contributed by atoms with E-state index >= 15 is 0 Å². The summed E-state index contributed by atoms with van der Waals surface area (Å²) in [7, 11) is 6.20. The minimum absolute atomic E-state index is 0.150. The highest BCUT2D eigenvalue weighted by atomic mass is 16.6. The molecule has 5 heteroatoms. The number of unbranched alkanes of at least 4 members (excludes halogenated alkanes) is 22. The van der Waals surface area contributed by atoms with Crippen molar-refractivity contribution in [3.05, 3.63) is 24.3 Å². The molecule has 0 spiro atoms. The van der Waals surface area contributed by atoms with Crippen LogP contribution in [0.1, 0.15) is 194 Å². The molecule has 0 aromatic rings. The number of hydrogen-bond donors (Lipinski definition) is 0. The topological polar surface area (TPSA) is 52.6 Å². The van der Waals surface area contributed by atoms with Gasteiger partial charge in [0.25, 0.3) is 0 Å². The number of likely N-dealkylation sites (N-methyl/N-ethyl adjacent to an activating group) is 1. The van der Waals surface area contributed by atoms with Crippen molar-refractivity contribution in [2.75, 3.05) is 34.3 Å². The van der Waals surface area contributed by atoms with Gasteiger partial charge in [-0.25, -0.2) is 0 Å². The third-order valence-electron chi connectivity index (χ3n) is 8.77. The highest BCUT2D eigenvalue weighted by Crippen LogP contribution is 2.13. The molecule has 0 aliphatic carbocycles. The van der Waals surface area contributed by atoms with Crippen molar-refractivity contribution in [1.82, 2.24) is 0 Å². The minimum atomic E-state index is -0.399. The van der Waals surface area contributed by atoms with Gasteiger partial charge in [-0.1, -0.05) is 141 Å². The molecular formula is C42H80NO4+. The van der Waals surface area contributed by atoms with Crippen LogP contribution in [-0.4, -0.2) is 56.8 Å². The second-order valence-corrected chi connectivity index (χ2v) is 14.9. The fourth-order valence-corrected chi connectivity index (χ4v) is 5.92. The maximum atomic E-state index is 12.6. The maximum Gasteiger partial charge on any atom is 0.306 e. The van der Waals surface area contributed by atoms with E-state index in [1.165, 1.54) is 128 Å². The third-order valence-corrected chi connectivity index (χ3v) is 8.77. The number of allylic oxidation sites excluding steroid dienone is 4. The summed E-state index contributed by atoms with van der Waals surface area (Å²) in [5.74, 6) is -0.350. The van der Waals surface area contributed by atoms with Crippen molar-refractivity contribution in [3.63, 3.8) is 0 Å². The number of ether oxygens (including phenoxy) is 2. The molecular weight excluding hydrogens is 582 g/mol. The van der Waals surface area contributed by atoms with Gasteiger partial charge in [-0.3, -0.25) is 9.59 Å². The summed E-state index contributed by atoms with van der Waals surface area (Å²) in [6.45, 7) is 5.31. The predicted molar refractivity (Wildman–Crippen MR) is 203 cm³/mol. The number of quaternary nitrogens is 1. The van der Waals surface area contributed by atoms with E-state index in [-0.39, 0.29) is 18.5 Å². The van der Waals surface area contributed by atoms with E-state index in [9.17, 15) is 9.59 Å². The average molecular weight is 663 g/mol. The quantitative estimate of drug-likeness (QED) is 0.0293. The Morgan fingerprint density at radius 3 is 1.21 bits per heavy atom. The lowest BCUT2D eigenvalue weighted by Gasteiger charge is -2.28. The Kier molecular flexibility index (Phi) is 33.1. The van der Waals surface area contributed by atoms with Crippen molar-refractivity contribution < 1.29 is 23.5 Å². The smallest absolute Gasteiger partial charge is 0.306 e. The Morgan fingerprint density at radius 1 is 0.489 bits per heavy atom. The first-order valence-electron chi connectivity index (χ1n) is 20.2. The van der Waals surface area contributed by atoms with E-state index < -0.39 is 6.10 Å². The molecule has 0 bridgehead atoms. The number of nitrogens with zero attached hydrogens (tertiary/aromatic N) is 1. The Labute approximate surface area is 293 Å². The van der Waals surface area contributed by atoms with Gasteiger partial charge in [0, 0.05) is 12.8 Å². The minimum Gasteiger partial charge on any atom is -0.461 e. The molecule has 0 saturated heterocycles. The van der Waals surface area contributed by atoms with E-state index in [2.05, 4.69) is 59.3 Å². The summed E-state index contributed by atoms with van der Waals surface area (Å²) in [4.78, 5) is 24.9. The molecule has 0 rings (SSSR count). The van der Waals surface area contributed by atoms with E-state index in [1.807, 2.05) is 0 Å². The van der Waals surface area contributed by atoms with Gasteiger partial charge in [-0.05, 0) is 64.2 Å². The van der Waals surface area contributed by atoms with Gasteiger partial charge < -0.3 is 14.0 Å². The van der Waals surface area contributed by atoms with Crippen LogP contribution in [0.5, 0.6) is 0 Å². The second-order valence-electron chi connectivity index (χ2n) is 14.9. The third kappa shape index (κ3) is 37.1. The molecule has 0 N–H and O–H groups in total. The van der Waals surface area contributed by atoms with Crippen LogP contribution in [0.2, 0.25) is 0 Å². The highest BCUT2D eigenvalue weighted by molar-refractivity contribution is 5.70. The lowest BCUT2D eigenvalue weighted by atomic mass is 10.1. The van der Waals surface area contributed by atoms with Gasteiger partial charge in [0.1, 0.15) is 13.2 Å². The zero-order chi connectivity index (χ0) is 34.7. The van der Waals surface area contributed by atoms with Crippen molar-refractivity contribution in [2.24, 2.45) is 0 Å². The molecule has 0 aliphatic rings. The van der Waals surface area contributed by atoms with Crippen LogP contribution in [-0.2, 0) is 19.1 Å². The monoisotopic (exact) mass is 663 g/mol. The zero-order valence-electron chi connectivity index (χ0n) is 32.2. The van der Waals surface area contributed by atoms with Gasteiger partial charge in [0.15, 0.2) is 6.10 Å². The van der Waals surface area contributed by atoms with Crippen LogP contribution in [0.15, 0.2) is 24.3 Å². The van der Waals surface area contributed by atoms with Crippen molar-refractivity contribution in [2.45, 2.75) is 200 Å². The molecule has 0 radical (unpaired) electrons. The largest absolute Gasteiger partial charge is 0.461 e. The van der Waals surface area contributed by atoms with E-state index in [0.717, 1.165) is 38.5 Å². The fourth-order valence-electron chi connectivity index (χ4n) is 5.92. The molecule has 0 aliphatic heterocycles. The fraction of sp³-hybridized carbons (Fsp3) is 0.857. The van der Waals surface area contributed by atoms with Crippen LogP contribution >= 0.6 is 0 Å².